The third-order valence-corrected chi connectivity index (χ3v) is 5.97. The lowest BCUT2D eigenvalue weighted by Gasteiger charge is -2.46. The molecule has 1 aromatic rings. The zero-order valence-corrected chi connectivity index (χ0v) is 17.0. The van der Waals surface area contributed by atoms with Gasteiger partial charge in [0, 0.05) is 5.56 Å². The monoisotopic (exact) mass is 381 g/mol. The SMILES string of the molecule is C=CCc1cc(C(C)CC(=O)OCC)ccc1C#CC1C(O)C2CCN1CC2. The van der Waals surface area contributed by atoms with Crippen molar-refractivity contribution in [2.24, 2.45) is 5.92 Å². The highest BCUT2D eigenvalue weighted by atomic mass is 16.5. The lowest BCUT2D eigenvalue weighted by atomic mass is 9.81. The molecule has 0 saturated carbocycles. The number of piperidine rings is 3. The topological polar surface area (TPSA) is 49.8 Å². The molecule has 3 atom stereocenters. The van der Waals surface area contributed by atoms with Gasteiger partial charge in [-0.3, -0.25) is 9.69 Å². The van der Waals surface area contributed by atoms with Crippen LogP contribution in [0.4, 0.5) is 0 Å². The minimum Gasteiger partial charge on any atom is -0.466 e. The van der Waals surface area contributed by atoms with Crippen LogP contribution < -0.4 is 0 Å². The van der Waals surface area contributed by atoms with Crippen LogP contribution >= 0.6 is 0 Å². The second-order valence-corrected chi connectivity index (χ2v) is 7.90. The molecule has 3 unspecified atom stereocenters. The molecule has 3 aliphatic rings. The normalized spacial score (nSPS) is 26.8. The van der Waals surface area contributed by atoms with Gasteiger partial charge in [-0.25, -0.2) is 0 Å². The average Bonchev–Trinajstić information content (AvgIpc) is 2.69. The Morgan fingerprint density at radius 1 is 1.43 bits per heavy atom. The summed E-state index contributed by atoms with van der Waals surface area (Å²) in [5.41, 5.74) is 3.19. The van der Waals surface area contributed by atoms with Crippen molar-refractivity contribution in [1.82, 2.24) is 4.90 Å². The molecule has 28 heavy (non-hydrogen) atoms. The summed E-state index contributed by atoms with van der Waals surface area (Å²) in [7, 11) is 0. The first kappa shape index (κ1) is 20.6. The van der Waals surface area contributed by atoms with E-state index in [1.165, 1.54) is 0 Å². The van der Waals surface area contributed by atoms with E-state index in [0.717, 1.165) is 49.0 Å². The second kappa shape index (κ2) is 9.41. The van der Waals surface area contributed by atoms with Crippen molar-refractivity contribution in [1.29, 1.82) is 0 Å². The molecule has 3 aliphatic heterocycles. The van der Waals surface area contributed by atoms with Gasteiger partial charge in [-0.1, -0.05) is 37.0 Å². The lowest BCUT2D eigenvalue weighted by molar-refractivity contribution is -0.143. The quantitative estimate of drug-likeness (QED) is 0.467. The summed E-state index contributed by atoms with van der Waals surface area (Å²) < 4.78 is 5.07. The predicted molar refractivity (Wildman–Crippen MR) is 111 cm³/mol. The van der Waals surface area contributed by atoms with Crippen LogP contribution in [0.15, 0.2) is 30.9 Å². The van der Waals surface area contributed by atoms with Gasteiger partial charge in [0.2, 0.25) is 0 Å². The van der Waals surface area contributed by atoms with Gasteiger partial charge in [0.05, 0.1) is 25.2 Å². The molecule has 150 valence electrons. The first-order valence-corrected chi connectivity index (χ1v) is 10.4. The maximum Gasteiger partial charge on any atom is 0.306 e. The van der Waals surface area contributed by atoms with E-state index in [2.05, 4.69) is 29.4 Å². The van der Waals surface area contributed by atoms with Crippen LogP contribution in [0.5, 0.6) is 0 Å². The van der Waals surface area contributed by atoms with Gasteiger partial charge < -0.3 is 9.84 Å². The Morgan fingerprint density at radius 2 is 2.18 bits per heavy atom. The third kappa shape index (κ3) is 4.66. The summed E-state index contributed by atoms with van der Waals surface area (Å²) in [5.74, 6) is 6.97. The van der Waals surface area contributed by atoms with Gasteiger partial charge in [-0.15, -0.1) is 6.58 Å². The zero-order chi connectivity index (χ0) is 20.1. The number of ether oxygens (including phenoxy) is 1. The zero-order valence-electron chi connectivity index (χ0n) is 17.0. The molecule has 3 fully saturated rings. The van der Waals surface area contributed by atoms with E-state index in [1.807, 2.05) is 32.1 Å². The Bertz CT molecular complexity index is 766. The number of rotatable bonds is 6. The number of hydrogen-bond acceptors (Lipinski definition) is 4. The first-order valence-electron chi connectivity index (χ1n) is 10.4. The minimum atomic E-state index is -0.346. The summed E-state index contributed by atoms with van der Waals surface area (Å²) >= 11 is 0. The summed E-state index contributed by atoms with van der Waals surface area (Å²) in [5, 5.41) is 10.6. The van der Waals surface area contributed by atoms with Gasteiger partial charge in [0.1, 0.15) is 0 Å². The number of esters is 1. The van der Waals surface area contributed by atoms with Crippen LogP contribution in [0.3, 0.4) is 0 Å². The molecule has 0 amide bonds. The van der Waals surface area contributed by atoms with Crippen molar-refractivity contribution >= 4 is 5.97 Å². The largest absolute Gasteiger partial charge is 0.466 e. The number of aliphatic hydroxyl groups excluding tert-OH is 1. The molecule has 3 saturated heterocycles. The van der Waals surface area contributed by atoms with Crippen molar-refractivity contribution in [2.45, 2.75) is 57.6 Å². The summed E-state index contributed by atoms with van der Waals surface area (Å²) in [6, 6.07) is 6.14. The fraction of sp³-hybridized carbons (Fsp3) is 0.542. The number of carbonyl (C=O) groups excluding carboxylic acids is 1. The highest BCUT2D eigenvalue weighted by molar-refractivity contribution is 5.70. The van der Waals surface area contributed by atoms with E-state index in [0.29, 0.717) is 18.9 Å². The van der Waals surface area contributed by atoms with E-state index in [1.54, 1.807) is 0 Å². The first-order chi connectivity index (χ1) is 13.5. The number of hydrogen-bond donors (Lipinski definition) is 1. The van der Waals surface area contributed by atoms with E-state index in [9.17, 15) is 9.90 Å². The maximum absolute atomic E-state index is 11.8. The molecule has 4 nitrogen and oxygen atoms in total. The molecule has 4 rings (SSSR count). The Kier molecular flexibility index (Phi) is 6.93. The second-order valence-electron chi connectivity index (χ2n) is 7.90. The molecule has 0 radical (unpaired) electrons. The summed E-state index contributed by atoms with van der Waals surface area (Å²) in [4.78, 5) is 14.1. The summed E-state index contributed by atoms with van der Waals surface area (Å²) in [6.07, 6.45) is 4.78. The van der Waals surface area contributed by atoms with Crippen LogP contribution in [0.25, 0.3) is 0 Å². The molecular weight excluding hydrogens is 350 g/mol. The van der Waals surface area contributed by atoms with Crippen LogP contribution in [0.2, 0.25) is 0 Å². The van der Waals surface area contributed by atoms with Crippen molar-refractivity contribution in [3.63, 3.8) is 0 Å². The predicted octanol–water partition coefficient (Wildman–Crippen LogP) is 3.28. The molecule has 0 aliphatic carbocycles. The number of carbonyl (C=O) groups is 1. The molecular formula is C24H31NO3. The fourth-order valence-electron chi connectivity index (χ4n) is 4.30. The lowest BCUT2D eigenvalue weighted by Crippen LogP contribution is -2.57. The Morgan fingerprint density at radius 3 is 2.82 bits per heavy atom. The maximum atomic E-state index is 11.8. The highest BCUT2D eigenvalue weighted by Gasteiger charge is 2.40. The number of nitrogens with zero attached hydrogens (tertiary/aromatic N) is 1. The Balaban J connectivity index is 1.78. The minimum absolute atomic E-state index is 0.0634. The van der Waals surface area contributed by atoms with Gasteiger partial charge in [0.15, 0.2) is 0 Å². The van der Waals surface area contributed by atoms with Crippen molar-refractivity contribution in [3.8, 4) is 11.8 Å². The number of benzene rings is 1. The van der Waals surface area contributed by atoms with Gasteiger partial charge in [0.25, 0.3) is 0 Å². The number of aliphatic hydroxyl groups is 1. The molecule has 4 heteroatoms. The standard InChI is InChI=1S/C24H31NO3/c1-4-6-21-16-20(17(3)15-23(26)28-5-2)8-7-18(21)9-10-22-24(27)19-11-13-25(22)14-12-19/h4,7-8,16-17,19,22,24,27H,1,5-6,11-15H2,2-3H3. The van der Waals surface area contributed by atoms with E-state index in [4.69, 9.17) is 4.74 Å². The summed E-state index contributed by atoms with van der Waals surface area (Å²) in [6.45, 7) is 10.2. The van der Waals surface area contributed by atoms with Gasteiger partial charge in [-0.2, -0.15) is 0 Å². The van der Waals surface area contributed by atoms with Crippen molar-refractivity contribution < 1.29 is 14.6 Å². The molecule has 2 bridgehead atoms. The van der Waals surface area contributed by atoms with Gasteiger partial charge >= 0.3 is 5.97 Å². The third-order valence-electron chi connectivity index (χ3n) is 5.97. The molecule has 3 heterocycles. The average molecular weight is 382 g/mol. The van der Waals surface area contributed by atoms with Gasteiger partial charge in [-0.05, 0) is 68.3 Å². The van der Waals surface area contributed by atoms with Crippen LogP contribution in [-0.4, -0.2) is 47.8 Å². The number of fused-ring (bicyclic) bond motifs is 3. The van der Waals surface area contributed by atoms with E-state index in [-0.39, 0.29) is 24.0 Å². The Hall–Kier alpha value is -2.09. The van der Waals surface area contributed by atoms with Crippen molar-refractivity contribution in [2.75, 3.05) is 19.7 Å². The molecule has 0 aromatic heterocycles. The Labute approximate surface area is 168 Å². The molecule has 1 aromatic carbocycles. The number of allylic oxidation sites excluding steroid dienone is 1. The van der Waals surface area contributed by atoms with Crippen LogP contribution in [-0.2, 0) is 16.0 Å². The highest BCUT2D eigenvalue weighted by Crippen LogP contribution is 2.32. The fourth-order valence-corrected chi connectivity index (χ4v) is 4.30. The van der Waals surface area contributed by atoms with Crippen LogP contribution in [0.1, 0.15) is 55.7 Å². The van der Waals surface area contributed by atoms with E-state index < -0.39 is 0 Å². The van der Waals surface area contributed by atoms with Crippen molar-refractivity contribution in [3.05, 3.63) is 47.5 Å². The molecule has 0 spiro atoms. The van der Waals surface area contributed by atoms with E-state index >= 15 is 0 Å². The smallest absolute Gasteiger partial charge is 0.306 e. The van der Waals surface area contributed by atoms with Crippen LogP contribution in [0, 0.1) is 17.8 Å². The molecule has 1 N–H and O–H groups in total.